The third-order valence-electron chi connectivity index (χ3n) is 3.35. The Morgan fingerprint density at radius 2 is 2.29 bits per heavy atom. The summed E-state index contributed by atoms with van der Waals surface area (Å²) < 4.78 is 6.92. The summed E-state index contributed by atoms with van der Waals surface area (Å²) in [6.07, 6.45) is 1.08. The van der Waals surface area contributed by atoms with Crippen LogP contribution in [0.2, 0.25) is 0 Å². The second-order valence-electron chi connectivity index (χ2n) is 4.56. The number of hydrogen-bond acceptors (Lipinski definition) is 3. The average Bonchev–Trinajstić information content (AvgIpc) is 2.68. The molecule has 2 aromatic rings. The van der Waals surface area contributed by atoms with Crippen LogP contribution in [0.15, 0.2) is 24.3 Å². The topological polar surface area (TPSA) is 21.3 Å². The average molecular weight is 247 g/mol. The van der Waals surface area contributed by atoms with Gasteiger partial charge in [-0.1, -0.05) is 18.2 Å². The number of morpholine rings is 1. The van der Waals surface area contributed by atoms with Crippen LogP contribution < -0.4 is 5.32 Å². The molecule has 3 heteroatoms. The number of thiophene rings is 1. The van der Waals surface area contributed by atoms with Crippen LogP contribution in [-0.4, -0.2) is 25.8 Å². The van der Waals surface area contributed by atoms with Crippen LogP contribution in [0.4, 0.5) is 0 Å². The highest BCUT2D eigenvalue weighted by Gasteiger charge is 2.17. The van der Waals surface area contributed by atoms with Crippen molar-refractivity contribution in [1.29, 1.82) is 0 Å². The fourth-order valence-electron chi connectivity index (χ4n) is 2.47. The van der Waals surface area contributed by atoms with E-state index in [1.54, 1.807) is 0 Å². The van der Waals surface area contributed by atoms with Crippen LogP contribution in [0, 0.1) is 6.92 Å². The Balaban J connectivity index is 1.90. The normalized spacial score (nSPS) is 20.9. The largest absolute Gasteiger partial charge is 0.379 e. The number of fused-ring (bicyclic) bond motifs is 1. The Morgan fingerprint density at radius 1 is 1.41 bits per heavy atom. The van der Waals surface area contributed by atoms with Gasteiger partial charge in [-0.15, -0.1) is 11.3 Å². The number of ether oxygens (including phenoxy) is 1. The van der Waals surface area contributed by atoms with Crippen LogP contribution >= 0.6 is 11.3 Å². The van der Waals surface area contributed by atoms with Crippen molar-refractivity contribution in [3.8, 4) is 0 Å². The lowest BCUT2D eigenvalue weighted by Crippen LogP contribution is -2.42. The lowest BCUT2D eigenvalue weighted by molar-refractivity contribution is 0.0771. The van der Waals surface area contributed by atoms with Gasteiger partial charge in [-0.25, -0.2) is 0 Å². The monoisotopic (exact) mass is 247 g/mol. The molecule has 1 unspecified atom stereocenters. The summed E-state index contributed by atoms with van der Waals surface area (Å²) in [5.74, 6) is 0. The van der Waals surface area contributed by atoms with Gasteiger partial charge in [0.2, 0.25) is 0 Å². The number of rotatable bonds is 2. The van der Waals surface area contributed by atoms with Gasteiger partial charge in [0, 0.05) is 22.2 Å². The first-order valence-corrected chi connectivity index (χ1v) is 6.94. The lowest BCUT2D eigenvalue weighted by atomic mass is 10.0. The van der Waals surface area contributed by atoms with Gasteiger partial charge in [0.15, 0.2) is 0 Å². The molecule has 1 aliphatic rings. The molecule has 2 heterocycles. The van der Waals surface area contributed by atoms with E-state index in [0.717, 1.165) is 26.2 Å². The highest BCUT2D eigenvalue weighted by Crippen LogP contribution is 2.31. The van der Waals surface area contributed by atoms with Crippen LogP contribution in [0.1, 0.15) is 10.4 Å². The third-order valence-corrected chi connectivity index (χ3v) is 4.48. The molecule has 17 heavy (non-hydrogen) atoms. The summed E-state index contributed by atoms with van der Waals surface area (Å²) >= 11 is 1.90. The Labute approximate surface area is 106 Å². The van der Waals surface area contributed by atoms with Gasteiger partial charge in [-0.05, 0) is 30.4 Å². The van der Waals surface area contributed by atoms with Crippen LogP contribution in [0.25, 0.3) is 10.1 Å². The summed E-state index contributed by atoms with van der Waals surface area (Å²) in [6, 6.07) is 9.16. The minimum absolute atomic E-state index is 0.473. The molecule has 3 rings (SSSR count). The SMILES string of the molecule is Cc1sc2ccccc2c1CC1COCCN1. The summed E-state index contributed by atoms with van der Waals surface area (Å²) in [7, 11) is 0. The molecule has 0 radical (unpaired) electrons. The molecule has 0 spiro atoms. The molecule has 0 aliphatic carbocycles. The van der Waals surface area contributed by atoms with Gasteiger partial charge in [0.05, 0.1) is 13.2 Å². The molecule has 0 bridgehead atoms. The number of nitrogens with one attached hydrogen (secondary N) is 1. The Morgan fingerprint density at radius 3 is 3.12 bits per heavy atom. The maximum atomic E-state index is 5.52. The van der Waals surface area contributed by atoms with Crippen molar-refractivity contribution in [3.63, 3.8) is 0 Å². The van der Waals surface area contributed by atoms with Crippen molar-refractivity contribution in [2.24, 2.45) is 0 Å². The number of benzene rings is 1. The molecule has 1 aliphatic heterocycles. The number of aryl methyl sites for hydroxylation is 1. The molecular weight excluding hydrogens is 230 g/mol. The van der Waals surface area contributed by atoms with Crippen molar-refractivity contribution in [1.82, 2.24) is 5.32 Å². The first-order chi connectivity index (χ1) is 8.34. The Bertz CT molecular complexity index is 514. The second kappa shape index (κ2) is 4.77. The molecule has 1 aromatic carbocycles. The van der Waals surface area contributed by atoms with E-state index in [9.17, 15) is 0 Å². The number of hydrogen-bond donors (Lipinski definition) is 1. The van der Waals surface area contributed by atoms with E-state index in [-0.39, 0.29) is 0 Å². The predicted octanol–water partition coefficient (Wildman–Crippen LogP) is 2.74. The molecule has 1 aromatic heterocycles. The zero-order valence-corrected chi connectivity index (χ0v) is 10.8. The van der Waals surface area contributed by atoms with E-state index in [4.69, 9.17) is 4.74 Å². The van der Waals surface area contributed by atoms with E-state index >= 15 is 0 Å². The zero-order chi connectivity index (χ0) is 11.7. The molecule has 1 saturated heterocycles. The molecule has 0 saturated carbocycles. The summed E-state index contributed by atoms with van der Waals surface area (Å²) in [5.41, 5.74) is 1.49. The molecule has 1 fully saturated rings. The van der Waals surface area contributed by atoms with Gasteiger partial charge in [-0.2, -0.15) is 0 Å². The van der Waals surface area contributed by atoms with Crippen LogP contribution in [0.3, 0.4) is 0 Å². The van der Waals surface area contributed by atoms with E-state index in [1.165, 1.54) is 20.5 Å². The van der Waals surface area contributed by atoms with Crippen molar-refractivity contribution < 1.29 is 4.74 Å². The van der Waals surface area contributed by atoms with Crippen molar-refractivity contribution in [2.75, 3.05) is 19.8 Å². The molecular formula is C14H17NOS. The molecule has 0 amide bonds. The molecule has 1 N–H and O–H groups in total. The maximum absolute atomic E-state index is 5.52. The molecule has 1 atom stereocenters. The van der Waals surface area contributed by atoms with Gasteiger partial charge in [0.1, 0.15) is 0 Å². The van der Waals surface area contributed by atoms with E-state index in [0.29, 0.717) is 6.04 Å². The third kappa shape index (κ3) is 2.23. The fraction of sp³-hybridized carbons (Fsp3) is 0.429. The summed E-state index contributed by atoms with van der Waals surface area (Å²) in [6.45, 7) is 4.89. The highest BCUT2D eigenvalue weighted by atomic mass is 32.1. The van der Waals surface area contributed by atoms with E-state index in [2.05, 4.69) is 36.5 Å². The van der Waals surface area contributed by atoms with Gasteiger partial charge in [-0.3, -0.25) is 0 Å². The second-order valence-corrected chi connectivity index (χ2v) is 5.82. The highest BCUT2D eigenvalue weighted by molar-refractivity contribution is 7.19. The zero-order valence-electron chi connectivity index (χ0n) is 10.0. The fourth-order valence-corrected chi connectivity index (χ4v) is 3.57. The summed E-state index contributed by atoms with van der Waals surface area (Å²) in [5, 5.41) is 4.95. The predicted molar refractivity (Wildman–Crippen MR) is 72.9 cm³/mol. The van der Waals surface area contributed by atoms with Crippen LogP contribution in [-0.2, 0) is 11.2 Å². The maximum Gasteiger partial charge on any atom is 0.0623 e. The first-order valence-electron chi connectivity index (χ1n) is 6.13. The van der Waals surface area contributed by atoms with E-state index < -0.39 is 0 Å². The van der Waals surface area contributed by atoms with Crippen molar-refractivity contribution >= 4 is 21.4 Å². The molecule has 90 valence electrons. The Hall–Kier alpha value is -0.900. The van der Waals surface area contributed by atoms with Crippen molar-refractivity contribution in [2.45, 2.75) is 19.4 Å². The Kier molecular flexibility index (Phi) is 3.14. The molecule has 2 nitrogen and oxygen atoms in total. The standard InChI is InChI=1S/C14H17NOS/c1-10-13(8-11-9-16-7-6-15-11)12-4-2-3-5-14(12)17-10/h2-5,11,15H,6-9H2,1H3. The van der Waals surface area contributed by atoms with Crippen molar-refractivity contribution in [3.05, 3.63) is 34.7 Å². The minimum atomic E-state index is 0.473. The van der Waals surface area contributed by atoms with Gasteiger partial charge < -0.3 is 10.1 Å². The smallest absolute Gasteiger partial charge is 0.0623 e. The van der Waals surface area contributed by atoms with Crippen LogP contribution in [0.5, 0.6) is 0 Å². The quantitative estimate of drug-likeness (QED) is 0.881. The van der Waals surface area contributed by atoms with E-state index in [1.807, 2.05) is 11.3 Å². The first kappa shape index (κ1) is 11.2. The van der Waals surface area contributed by atoms with Gasteiger partial charge >= 0.3 is 0 Å². The summed E-state index contributed by atoms with van der Waals surface area (Å²) in [4.78, 5) is 1.44. The van der Waals surface area contributed by atoms with Gasteiger partial charge in [0.25, 0.3) is 0 Å². The minimum Gasteiger partial charge on any atom is -0.379 e. The lowest BCUT2D eigenvalue weighted by Gasteiger charge is -2.23.